The van der Waals surface area contributed by atoms with Crippen LogP contribution in [0.1, 0.15) is 32.6 Å². The first-order valence-corrected chi connectivity index (χ1v) is 5.82. The van der Waals surface area contributed by atoms with Gasteiger partial charge in [0.25, 0.3) is 0 Å². The lowest BCUT2D eigenvalue weighted by Crippen LogP contribution is -2.37. The molecule has 0 aromatic heterocycles. The van der Waals surface area contributed by atoms with Gasteiger partial charge in [0.2, 0.25) is 5.91 Å². The normalized spacial score (nSPS) is 26.3. The Kier molecular flexibility index (Phi) is 5.65. The summed E-state index contributed by atoms with van der Waals surface area (Å²) >= 11 is 0. The molecule has 0 saturated heterocycles. The third kappa shape index (κ3) is 5.14. The van der Waals surface area contributed by atoms with Gasteiger partial charge in [-0.15, -0.1) is 0 Å². The quantitative estimate of drug-likeness (QED) is 0.706. The highest BCUT2D eigenvalue weighted by molar-refractivity contribution is 5.77. The highest BCUT2D eigenvalue weighted by Gasteiger charge is 2.19. The minimum Gasteiger partial charge on any atom is -0.372 e. The Labute approximate surface area is 91.5 Å². The van der Waals surface area contributed by atoms with Crippen molar-refractivity contribution >= 4 is 5.91 Å². The zero-order chi connectivity index (χ0) is 11.1. The van der Waals surface area contributed by atoms with Crippen LogP contribution >= 0.6 is 0 Å². The molecule has 0 bridgehead atoms. The number of carbonyl (C=O) groups excluding carboxylic acids is 1. The number of ether oxygens (including phenoxy) is 1. The molecule has 3 N–H and O–H groups in total. The molecular formula is C11H22N2O2. The highest BCUT2D eigenvalue weighted by atomic mass is 16.5. The van der Waals surface area contributed by atoms with E-state index in [0.29, 0.717) is 18.6 Å². The largest absolute Gasteiger partial charge is 0.372 e. The summed E-state index contributed by atoms with van der Waals surface area (Å²) in [5.41, 5.74) is 5.87. The second kappa shape index (κ2) is 6.80. The van der Waals surface area contributed by atoms with E-state index in [9.17, 15) is 4.79 Å². The first-order valence-electron chi connectivity index (χ1n) is 5.82. The van der Waals surface area contributed by atoms with Crippen molar-refractivity contribution in [2.45, 2.75) is 38.6 Å². The molecule has 1 amide bonds. The van der Waals surface area contributed by atoms with Gasteiger partial charge in [-0.25, -0.2) is 0 Å². The van der Waals surface area contributed by atoms with Crippen molar-refractivity contribution in [2.75, 3.05) is 19.8 Å². The van der Waals surface area contributed by atoms with Crippen molar-refractivity contribution in [2.24, 2.45) is 11.7 Å². The van der Waals surface area contributed by atoms with Gasteiger partial charge in [0.15, 0.2) is 0 Å². The highest BCUT2D eigenvalue weighted by Crippen LogP contribution is 2.22. The van der Waals surface area contributed by atoms with Crippen LogP contribution in [0.15, 0.2) is 0 Å². The fourth-order valence-corrected chi connectivity index (χ4v) is 2.02. The van der Waals surface area contributed by atoms with Crippen LogP contribution in [0.25, 0.3) is 0 Å². The summed E-state index contributed by atoms with van der Waals surface area (Å²) in [5.74, 6) is 0.537. The van der Waals surface area contributed by atoms with Gasteiger partial charge < -0.3 is 15.8 Å². The molecule has 1 aliphatic carbocycles. The molecule has 4 nitrogen and oxygen atoms in total. The van der Waals surface area contributed by atoms with Crippen LogP contribution in [0.4, 0.5) is 0 Å². The second-order valence-corrected chi connectivity index (χ2v) is 4.23. The molecular weight excluding hydrogens is 192 g/mol. The van der Waals surface area contributed by atoms with Gasteiger partial charge in [0.05, 0.1) is 0 Å². The number of hydrogen-bond donors (Lipinski definition) is 2. The first kappa shape index (κ1) is 12.5. The maximum Gasteiger partial charge on any atom is 0.246 e. The van der Waals surface area contributed by atoms with Gasteiger partial charge in [-0.2, -0.15) is 0 Å². The van der Waals surface area contributed by atoms with Gasteiger partial charge in [-0.1, -0.05) is 6.42 Å². The zero-order valence-electron chi connectivity index (χ0n) is 9.50. The van der Waals surface area contributed by atoms with E-state index >= 15 is 0 Å². The Morgan fingerprint density at radius 1 is 1.53 bits per heavy atom. The molecule has 0 aliphatic heterocycles. The van der Waals surface area contributed by atoms with Crippen LogP contribution in [-0.4, -0.2) is 31.7 Å². The van der Waals surface area contributed by atoms with E-state index in [4.69, 9.17) is 10.5 Å². The number of amides is 1. The number of hydrogen-bond acceptors (Lipinski definition) is 3. The third-order valence-corrected chi connectivity index (χ3v) is 2.85. The Morgan fingerprint density at radius 3 is 3.00 bits per heavy atom. The fourth-order valence-electron chi connectivity index (χ4n) is 2.02. The lowest BCUT2D eigenvalue weighted by Gasteiger charge is -2.26. The minimum absolute atomic E-state index is 0.0176. The van der Waals surface area contributed by atoms with E-state index in [-0.39, 0.29) is 12.5 Å². The average molecular weight is 214 g/mol. The molecule has 4 heteroatoms. The maximum atomic E-state index is 11.3. The van der Waals surface area contributed by atoms with Crippen molar-refractivity contribution in [3.05, 3.63) is 0 Å². The number of nitrogens with two attached hydrogens (primary N) is 1. The Bertz CT molecular complexity index is 197. The van der Waals surface area contributed by atoms with Gasteiger partial charge in [0.1, 0.15) is 6.61 Å². The van der Waals surface area contributed by atoms with Crippen molar-refractivity contribution in [1.82, 2.24) is 5.32 Å². The lowest BCUT2D eigenvalue weighted by atomic mass is 9.86. The molecule has 0 radical (unpaired) electrons. The monoisotopic (exact) mass is 214 g/mol. The predicted octanol–water partition coefficient (Wildman–Crippen LogP) is 0.657. The minimum atomic E-state index is -0.0176. The van der Waals surface area contributed by atoms with Crippen molar-refractivity contribution in [3.63, 3.8) is 0 Å². The van der Waals surface area contributed by atoms with Crippen LogP contribution in [0.2, 0.25) is 0 Å². The summed E-state index contributed by atoms with van der Waals surface area (Å²) in [6.45, 7) is 3.39. The summed E-state index contributed by atoms with van der Waals surface area (Å²) in [5, 5.41) is 2.89. The smallest absolute Gasteiger partial charge is 0.246 e. The third-order valence-electron chi connectivity index (χ3n) is 2.85. The summed E-state index contributed by atoms with van der Waals surface area (Å²) < 4.78 is 5.02. The summed E-state index contributed by atoms with van der Waals surface area (Å²) in [6.07, 6.45) is 4.54. The average Bonchev–Trinajstić information content (AvgIpc) is 2.23. The Morgan fingerprint density at radius 2 is 2.33 bits per heavy atom. The van der Waals surface area contributed by atoms with Crippen LogP contribution < -0.4 is 11.1 Å². The zero-order valence-corrected chi connectivity index (χ0v) is 9.50. The summed E-state index contributed by atoms with van der Waals surface area (Å²) in [4.78, 5) is 11.3. The molecule has 1 saturated carbocycles. The van der Waals surface area contributed by atoms with Crippen molar-refractivity contribution in [1.29, 1.82) is 0 Å². The molecule has 15 heavy (non-hydrogen) atoms. The topological polar surface area (TPSA) is 64.3 Å². The van der Waals surface area contributed by atoms with Gasteiger partial charge >= 0.3 is 0 Å². The molecule has 0 aromatic rings. The number of carbonyl (C=O) groups is 1. The van der Waals surface area contributed by atoms with E-state index in [1.807, 2.05) is 6.92 Å². The van der Waals surface area contributed by atoms with E-state index in [0.717, 1.165) is 19.4 Å². The fraction of sp³-hybridized carbons (Fsp3) is 0.909. The SMILES string of the molecule is CCOCC(=O)NCC1CCCC(N)C1. The van der Waals surface area contributed by atoms with E-state index in [2.05, 4.69) is 5.32 Å². The van der Waals surface area contributed by atoms with Crippen LogP contribution in [0, 0.1) is 5.92 Å². The molecule has 88 valence electrons. The van der Waals surface area contributed by atoms with Crippen molar-refractivity contribution in [3.8, 4) is 0 Å². The Hall–Kier alpha value is -0.610. The molecule has 1 aliphatic rings. The summed E-state index contributed by atoms with van der Waals surface area (Å²) in [6, 6.07) is 0.326. The molecule has 2 atom stereocenters. The van der Waals surface area contributed by atoms with E-state index in [1.165, 1.54) is 12.8 Å². The molecule has 1 rings (SSSR count). The number of rotatable bonds is 5. The Balaban J connectivity index is 2.10. The van der Waals surface area contributed by atoms with Gasteiger partial charge in [-0.3, -0.25) is 4.79 Å². The molecule has 1 fully saturated rings. The molecule has 0 spiro atoms. The van der Waals surface area contributed by atoms with Crippen LogP contribution in [-0.2, 0) is 9.53 Å². The van der Waals surface area contributed by atoms with Gasteiger partial charge in [0, 0.05) is 19.2 Å². The molecule has 0 aromatic carbocycles. The molecule has 2 unspecified atom stereocenters. The van der Waals surface area contributed by atoms with E-state index < -0.39 is 0 Å². The molecule has 0 heterocycles. The lowest BCUT2D eigenvalue weighted by molar-refractivity contribution is -0.125. The van der Waals surface area contributed by atoms with E-state index in [1.54, 1.807) is 0 Å². The maximum absolute atomic E-state index is 11.3. The number of nitrogens with one attached hydrogen (secondary N) is 1. The van der Waals surface area contributed by atoms with Crippen molar-refractivity contribution < 1.29 is 9.53 Å². The predicted molar refractivity (Wildman–Crippen MR) is 59.4 cm³/mol. The summed E-state index contributed by atoms with van der Waals surface area (Å²) in [7, 11) is 0. The van der Waals surface area contributed by atoms with Crippen LogP contribution in [0.3, 0.4) is 0 Å². The first-order chi connectivity index (χ1) is 7.22. The van der Waals surface area contributed by atoms with Crippen LogP contribution in [0.5, 0.6) is 0 Å². The second-order valence-electron chi connectivity index (χ2n) is 4.23. The van der Waals surface area contributed by atoms with Gasteiger partial charge in [-0.05, 0) is 32.1 Å². The standard InChI is InChI=1S/C11H22N2O2/c1-2-15-8-11(14)13-7-9-4-3-5-10(12)6-9/h9-10H,2-8,12H2,1H3,(H,13,14).